The van der Waals surface area contributed by atoms with E-state index in [1.165, 1.54) is 6.42 Å². The molecule has 0 heterocycles. The van der Waals surface area contributed by atoms with Crippen LogP contribution in [0.4, 0.5) is 0 Å². The van der Waals surface area contributed by atoms with Gasteiger partial charge in [-0.1, -0.05) is 48.5 Å². The summed E-state index contributed by atoms with van der Waals surface area (Å²) in [6.07, 6.45) is 2.88. The van der Waals surface area contributed by atoms with Crippen molar-refractivity contribution in [2.45, 2.75) is 67.7 Å². The second-order valence-corrected chi connectivity index (χ2v) is 7.20. The third-order valence-corrected chi connectivity index (χ3v) is 3.91. The first-order valence-electron chi connectivity index (χ1n) is 6.83. The normalized spacial score (nSPS) is 12.9. The highest BCUT2D eigenvalue weighted by atomic mass is 16.1. The Morgan fingerprint density at radius 1 is 1.12 bits per heavy atom. The summed E-state index contributed by atoms with van der Waals surface area (Å²) in [6.45, 7) is 16.2. The quantitative estimate of drug-likeness (QED) is 0.700. The maximum atomic E-state index is 11.8. The van der Waals surface area contributed by atoms with E-state index >= 15 is 0 Å². The minimum absolute atomic E-state index is 0.0368. The summed E-state index contributed by atoms with van der Waals surface area (Å²) >= 11 is 0. The lowest BCUT2D eigenvalue weighted by Crippen LogP contribution is -2.36. The number of carbonyl (C=O) groups excluding carboxylic acids is 1. The zero-order valence-corrected chi connectivity index (χ0v) is 12.8. The molecule has 0 atom stereocenters. The fourth-order valence-corrected chi connectivity index (χ4v) is 1.47. The van der Waals surface area contributed by atoms with Crippen LogP contribution < -0.4 is 5.32 Å². The highest BCUT2D eigenvalue weighted by Gasteiger charge is 2.34. The van der Waals surface area contributed by atoms with Gasteiger partial charge in [0.05, 0.1) is 0 Å². The number of amides is 1. The van der Waals surface area contributed by atoms with Crippen molar-refractivity contribution in [1.29, 1.82) is 0 Å². The van der Waals surface area contributed by atoms with Gasteiger partial charge in [0.1, 0.15) is 0 Å². The van der Waals surface area contributed by atoms with Gasteiger partial charge in [0, 0.05) is 13.0 Å². The first kappa shape index (κ1) is 16.5. The van der Waals surface area contributed by atoms with Crippen LogP contribution in [0.2, 0.25) is 0 Å². The zero-order valence-electron chi connectivity index (χ0n) is 12.8. The highest BCUT2D eigenvalue weighted by Crippen LogP contribution is 2.40. The molecule has 0 rings (SSSR count). The Labute approximate surface area is 108 Å². The number of nitrogens with one attached hydrogen (secondary N) is 1. The van der Waals surface area contributed by atoms with E-state index in [-0.39, 0.29) is 16.7 Å². The number of rotatable bonds is 6. The molecule has 2 heteroatoms. The van der Waals surface area contributed by atoms with E-state index in [9.17, 15) is 4.79 Å². The molecule has 0 aliphatic carbocycles. The molecule has 102 valence electrons. The molecule has 0 bridgehead atoms. The second-order valence-electron chi connectivity index (χ2n) is 7.20. The smallest absolute Gasteiger partial charge is 0.220 e. The molecule has 0 saturated heterocycles. The van der Waals surface area contributed by atoms with Crippen molar-refractivity contribution >= 4 is 5.91 Å². The van der Waals surface area contributed by atoms with Crippen molar-refractivity contribution in [2.24, 2.45) is 16.7 Å². The van der Waals surface area contributed by atoms with Crippen LogP contribution in [0.5, 0.6) is 0 Å². The van der Waals surface area contributed by atoms with Crippen LogP contribution in [0.25, 0.3) is 0 Å². The van der Waals surface area contributed by atoms with Crippen LogP contribution in [0, 0.1) is 16.7 Å². The Bertz CT molecular complexity index is 236. The Morgan fingerprint density at radius 3 is 2.06 bits per heavy atom. The van der Waals surface area contributed by atoms with Crippen LogP contribution >= 0.6 is 0 Å². The average molecular weight is 241 g/mol. The summed E-state index contributed by atoms with van der Waals surface area (Å²) in [5.74, 6) is 0.909. The lowest BCUT2D eigenvalue weighted by atomic mass is 9.67. The monoisotopic (exact) mass is 241 g/mol. The van der Waals surface area contributed by atoms with Gasteiger partial charge in [-0.05, 0) is 29.6 Å². The van der Waals surface area contributed by atoms with Crippen molar-refractivity contribution in [1.82, 2.24) is 5.32 Å². The lowest BCUT2D eigenvalue weighted by molar-refractivity contribution is -0.124. The summed E-state index contributed by atoms with van der Waals surface area (Å²) < 4.78 is 0. The van der Waals surface area contributed by atoms with Gasteiger partial charge in [-0.2, -0.15) is 0 Å². The Hall–Kier alpha value is -0.530. The van der Waals surface area contributed by atoms with Gasteiger partial charge in [0.2, 0.25) is 5.91 Å². The predicted octanol–water partition coefficient (Wildman–Crippen LogP) is 4.00. The number of hydrogen-bond donors (Lipinski definition) is 1. The molecule has 1 amide bonds. The minimum Gasteiger partial charge on any atom is -0.356 e. The van der Waals surface area contributed by atoms with Gasteiger partial charge in [0.25, 0.3) is 0 Å². The Balaban J connectivity index is 3.95. The molecule has 0 aromatic rings. The molecule has 2 nitrogen and oxygen atoms in total. The van der Waals surface area contributed by atoms with E-state index in [0.29, 0.717) is 6.42 Å². The zero-order chi connectivity index (χ0) is 13.7. The van der Waals surface area contributed by atoms with Gasteiger partial charge in [-0.15, -0.1) is 0 Å². The predicted molar refractivity (Wildman–Crippen MR) is 74.9 cm³/mol. The minimum atomic E-state index is 0.0368. The van der Waals surface area contributed by atoms with Gasteiger partial charge < -0.3 is 5.32 Å². The standard InChI is InChI=1S/C15H31NO/c1-12(2)9-8-10-16-13(17)11-15(6,7)14(3,4)5/h12H,8-11H2,1-7H3,(H,16,17). The van der Waals surface area contributed by atoms with Crippen LogP contribution in [-0.2, 0) is 4.79 Å². The molecule has 0 spiro atoms. The maximum absolute atomic E-state index is 11.8. The molecule has 0 fully saturated rings. The van der Waals surface area contributed by atoms with Gasteiger partial charge in [0.15, 0.2) is 0 Å². The van der Waals surface area contributed by atoms with Crippen molar-refractivity contribution in [3.05, 3.63) is 0 Å². The average Bonchev–Trinajstić information content (AvgIpc) is 2.09. The van der Waals surface area contributed by atoms with Crippen molar-refractivity contribution in [2.75, 3.05) is 6.54 Å². The van der Waals surface area contributed by atoms with Crippen LogP contribution in [0.15, 0.2) is 0 Å². The number of carbonyl (C=O) groups is 1. The molecule has 0 unspecified atom stereocenters. The number of hydrogen-bond acceptors (Lipinski definition) is 1. The molecular formula is C15H31NO. The molecule has 0 radical (unpaired) electrons. The van der Waals surface area contributed by atoms with E-state index in [4.69, 9.17) is 0 Å². The van der Waals surface area contributed by atoms with E-state index in [2.05, 4.69) is 53.8 Å². The van der Waals surface area contributed by atoms with Crippen LogP contribution in [0.3, 0.4) is 0 Å². The summed E-state index contributed by atoms with van der Waals surface area (Å²) in [4.78, 5) is 11.8. The molecule has 17 heavy (non-hydrogen) atoms. The fourth-order valence-electron chi connectivity index (χ4n) is 1.47. The Kier molecular flexibility index (Phi) is 6.22. The molecular weight excluding hydrogens is 210 g/mol. The topological polar surface area (TPSA) is 29.1 Å². The first-order valence-corrected chi connectivity index (χ1v) is 6.83. The van der Waals surface area contributed by atoms with Crippen LogP contribution in [0.1, 0.15) is 67.7 Å². The largest absolute Gasteiger partial charge is 0.356 e. The van der Waals surface area contributed by atoms with E-state index in [1.54, 1.807) is 0 Å². The van der Waals surface area contributed by atoms with Crippen LogP contribution in [-0.4, -0.2) is 12.5 Å². The molecule has 0 aliphatic heterocycles. The fraction of sp³-hybridized carbons (Fsp3) is 0.933. The second kappa shape index (κ2) is 6.42. The SMILES string of the molecule is CC(C)CCCNC(=O)CC(C)(C)C(C)(C)C. The van der Waals surface area contributed by atoms with E-state index in [0.717, 1.165) is 18.9 Å². The molecule has 0 aromatic carbocycles. The molecule has 0 aliphatic rings. The molecule has 0 saturated carbocycles. The summed E-state index contributed by atoms with van der Waals surface area (Å²) in [5, 5.41) is 3.03. The maximum Gasteiger partial charge on any atom is 0.220 e. The van der Waals surface area contributed by atoms with E-state index < -0.39 is 0 Å². The van der Waals surface area contributed by atoms with Gasteiger partial charge in [-0.3, -0.25) is 4.79 Å². The summed E-state index contributed by atoms with van der Waals surface area (Å²) in [5.41, 5.74) is 0.192. The van der Waals surface area contributed by atoms with Crippen molar-refractivity contribution in [3.63, 3.8) is 0 Å². The molecule has 0 aromatic heterocycles. The summed E-state index contributed by atoms with van der Waals surface area (Å²) in [6, 6.07) is 0. The highest BCUT2D eigenvalue weighted by molar-refractivity contribution is 5.76. The van der Waals surface area contributed by atoms with Crippen molar-refractivity contribution in [3.8, 4) is 0 Å². The third kappa shape index (κ3) is 6.70. The van der Waals surface area contributed by atoms with Gasteiger partial charge >= 0.3 is 0 Å². The van der Waals surface area contributed by atoms with E-state index in [1.807, 2.05) is 0 Å². The summed E-state index contributed by atoms with van der Waals surface area (Å²) in [7, 11) is 0. The molecule has 1 N–H and O–H groups in total. The first-order chi connectivity index (χ1) is 7.56. The van der Waals surface area contributed by atoms with Crippen molar-refractivity contribution < 1.29 is 4.79 Å². The third-order valence-electron chi connectivity index (χ3n) is 3.91. The lowest BCUT2D eigenvalue weighted by Gasteiger charge is -2.38. The van der Waals surface area contributed by atoms with Gasteiger partial charge in [-0.25, -0.2) is 0 Å². The Morgan fingerprint density at radius 2 is 1.65 bits per heavy atom.